The van der Waals surface area contributed by atoms with Crippen molar-refractivity contribution in [1.29, 1.82) is 0 Å². The summed E-state index contributed by atoms with van der Waals surface area (Å²) in [5, 5.41) is 10.4. The van der Waals surface area contributed by atoms with E-state index in [-0.39, 0.29) is 30.9 Å². The highest BCUT2D eigenvalue weighted by Gasteiger charge is 2.74. The lowest BCUT2D eigenvalue weighted by molar-refractivity contribution is -0.154. The molecule has 1 spiro atoms. The lowest BCUT2D eigenvalue weighted by Crippen LogP contribution is -2.58. The van der Waals surface area contributed by atoms with Gasteiger partial charge in [-0.2, -0.15) is 0 Å². The number of esters is 1. The van der Waals surface area contributed by atoms with Crippen LogP contribution in [-0.2, 0) is 19.1 Å². The fourth-order valence-corrected chi connectivity index (χ4v) is 8.54. The van der Waals surface area contributed by atoms with E-state index in [0.29, 0.717) is 24.4 Å². The fourth-order valence-electron chi connectivity index (χ4n) is 6.40. The Kier molecular flexibility index (Phi) is 6.64. The zero-order valence-electron chi connectivity index (χ0n) is 21.6. The molecule has 0 aromatic heterocycles. The molecule has 1 N–H and O–H groups in total. The number of amides is 2. The summed E-state index contributed by atoms with van der Waals surface area (Å²) in [6, 6.07) is 5.79. The second-order valence-corrected chi connectivity index (χ2v) is 12.4. The summed E-state index contributed by atoms with van der Waals surface area (Å²) in [5.41, 5.74) is 0.688. The van der Waals surface area contributed by atoms with Crippen molar-refractivity contribution in [3.63, 3.8) is 0 Å². The van der Waals surface area contributed by atoms with Crippen molar-refractivity contribution < 1.29 is 29.0 Å². The van der Waals surface area contributed by atoms with Gasteiger partial charge in [0.25, 0.3) is 5.91 Å². The molecule has 2 fully saturated rings. The van der Waals surface area contributed by atoms with Crippen molar-refractivity contribution in [2.24, 2.45) is 17.8 Å². The number of aliphatic hydroxyl groups is 1. The zero-order valence-corrected chi connectivity index (χ0v) is 22.4. The Hall–Kier alpha value is -2.78. The Morgan fingerprint density at radius 1 is 1.11 bits per heavy atom. The van der Waals surface area contributed by atoms with Crippen LogP contribution in [0.5, 0.6) is 5.75 Å². The number of likely N-dealkylation sites (tertiary alicyclic amines) is 1. The molecule has 37 heavy (non-hydrogen) atoms. The zero-order chi connectivity index (χ0) is 26.5. The predicted octanol–water partition coefficient (Wildman–Crippen LogP) is 2.81. The molecule has 0 bridgehead atoms. The molecule has 0 aliphatic carbocycles. The number of hydrogen-bond donors (Lipinski definition) is 1. The Bertz CT molecular complexity index is 1150. The highest BCUT2D eigenvalue weighted by molar-refractivity contribution is 8.02. The third-order valence-electron chi connectivity index (χ3n) is 8.16. The third-order valence-corrected chi connectivity index (χ3v) is 9.95. The monoisotopic (exact) mass is 526 g/mol. The molecule has 8 nitrogen and oxygen atoms in total. The molecular formula is C28H34N2O6S. The van der Waals surface area contributed by atoms with Crippen LogP contribution in [0.2, 0.25) is 0 Å². The highest BCUT2D eigenvalue weighted by Crippen LogP contribution is 2.65. The number of benzene rings is 1. The Morgan fingerprint density at radius 3 is 2.49 bits per heavy atom. The van der Waals surface area contributed by atoms with Crippen LogP contribution in [0.15, 0.2) is 48.6 Å². The van der Waals surface area contributed by atoms with Crippen molar-refractivity contribution in [1.82, 2.24) is 4.90 Å². The van der Waals surface area contributed by atoms with E-state index in [0.717, 1.165) is 0 Å². The number of aliphatic hydroxyl groups excluding tert-OH is 1. The molecule has 0 saturated carbocycles. The van der Waals surface area contributed by atoms with E-state index in [2.05, 4.69) is 0 Å². The molecule has 4 heterocycles. The van der Waals surface area contributed by atoms with E-state index < -0.39 is 39.4 Å². The molecule has 9 heteroatoms. The average molecular weight is 527 g/mol. The number of ether oxygens (including phenoxy) is 2. The average Bonchev–Trinajstić information content (AvgIpc) is 3.18. The second-order valence-electron chi connectivity index (χ2n) is 10.6. The van der Waals surface area contributed by atoms with Crippen molar-refractivity contribution in [3.05, 3.63) is 48.6 Å². The lowest BCUT2D eigenvalue weighted by atomic mass is 9.74. The largest absolute Gasteiger partial charge is 0.497 e. The maximum Gasteiger partial charge on any atom is 0.311 e. The number of anilines is 1. The molecule has 1 unspecified atom stereocenters. The Balaban J connectivity index is 1.67. The predicted molar refractivity (Wildman–Crippen MR) is 141 cm³/mol. The van der Waals surface area contributed by atoms with Crippen LogP contribution < -0.4 is 9.64 Å². The summed E-state index contributed by atoms with van der Waals surface area (Å²) in [6.45, 7) is 6.13. The molecule has 198 valence electrons. The smallest absolute Gasteiger partial charge is 0.311 e. The number of hydrogen-bond acceptors (Lipinski definition) is 7. The van der Waals surface area contributed by atoms with Crippen LogP contribution in [0.1, 0.15) is 27.2 Å². The molecule has 1 aromatic carbocycles. The number of methoxy groups -OCH3 is 1. The second kappa shape index (κ2) is 9.51. The van der Waals surface area contributed by atoms with Gasteiger partial charge in [-0.3, -0.25) is 14.4 Å². The number of cyclic esters (lactones) is 1. The topological polar surface area (TPSA) is 96.4 Å². The first-order valence-corrected chi connectivity index (χ1v) is 13.6. The lowest BCUT2D eigenvalue weighted by Gasteiger charge is -2.41. The van der Waals surface area contributed by atoms with Gasteiger partial charge in [-0.05, 0) is 43.5 Å². The van der Waals surface area contributed by atoms with Crippen molar-refractivity contribution >= 4 is 35.2 Å². The summed E-state index contributed by atoms with van der Waals surface area (Å²) in [7, 11) is 1.59. The SMILES string of the molecule is COc1ccc(N2CC=C[C@]34S[C@@]5(C)C=CCCOC(=O)[C@H]5[C@H]3C(=O)N([C@@H](CO)C(C)C)C4C2=O)cc1. The minimum absolute atomic E-state index is 0.0974. The third kappa shape index (κ3) is 3.89. The fraction of sp³-hybridized carbons (Fsp3) is 0.536. The molecule has 5 rings (SSSR count). The first-order chi connectivity index (χ1) is 17.7. The van der Waals surface area contributed by atoms with Crippen molar-refractivity contribution in [3.8, 4) is 5.75 Å². The number of rotatable bonds is 5. The Labute approximate surface area is 221 Å². The quantitative estimate of drug-likeness (QED) is 0.466. The maximum atomic E-state index is 14.5. The number of fused-ring (bicyclic) bond motifs is 2. The van der Waals surface area contributed by atoms with E-state index in [9.17, 15) is 19.5 Å². The molecule has 1 aromatic rings. The number of nitrogens with zero attached hydrogens (tertiary/aromatic N) is 2. The normalized spacial score (nSPS) is 33.9. The summed E-state index contributed by atoms with van der Waals surface area (Å²) >= 11 is 1.51. The molecule has 4 aliphatic heterocycles. The van der Waals surface area contributed by atoms with Gasteiger partial charge < -0.3 is 24.4 Å². The summed E-state index contributed by atoms with van der Waals surface area (Å²) in [4.78, 5) is 45.4. The van der Waals surface area contributed by atoms with Crippen LogP contribution in [0.3, 0.4) is 0 Å². The number of thioether (sulfide) groups is 1. The summed E-state index contributed by atoms with van der Waals surface area (Å²) in [6.07, 6.45) is 8.52. The van der Waals surface area contributed by atoms with Gasteiger partial charge in [-0.1, -0.05) is 38.2 Å². The van der Waals surface area contributed by atoms with Crippen LogP contribution in [0.25, 0.3) is 0 Å². The maximum absolute atomic E-state index is 14.5. The van der Waals surface area contributed by atoms with Crippen LogP contribution in [0, 0.1) is 17.8 Å². The standard InChI is InChI=1S/C28H34N2O6S/c1-17(2)20(16-31)30-23-25(33)29(18-8-10-19(35-4)11-9-18)14-7-13-28(23)21(24(30)32)22-26(34)36-15-6-5-12-27(22,3)37-28/h5,7-13,17,20-23,31H,6,14-16H2,1-4H3/t20-,21-,22+,23?,27-,28-/m0/s1. The van der Waals surface area contributed by atoms with Gasteiger partial charge in [-0.15, -0.1) is 11.8 Å². The van der Waals surface area contributed by atoms with Gasteiger partial charge in [0.05, 0.1) is 42.9 Å². The van der Waals surface area contributed by atoms with Gasteiger partial charge in [0.2, 0.25) is 5.91 Å². The summed E-state index contributed by atoms with van der Waals surface area (Å²) < 4.78 is 9.17. The molecule has 6 atom stereocenters. The first kappa shape index (κ1) is 25.9. The molecule has 0 radical (unpaired) electrons. The van der Waals surface area contributed by atoms with Crippen LogP contribution >= 0.6 is 11.8 Å². The van der Waals surface area contributed by atoms with E-state index in [4.69, 9.17) is 9.47 Å². The van der Waals surface area contributed by atoms with Crippen LogP contribution in [-0.4, -0.2) is 76.2 Å². The van der Waals surface area contributed by atoms with Crippen molar-refractivity contribution in [2.45, 2.75) is 48.8 Å². The van der Waals surface area contributed by atoms with E-state index in [1.807, 2.05) is 57.2 Å². The summed E-state index contributed by atoms with van der Waals surface area (Å²) in [5.74, 6) is -1.86. The Morgan fingerprint density at radius 2 is 1.84 bits per heavy atom. The minimum atomic E-state index is -0.981. The van der Waals surface area contributed by atoms with E-state index in [1.54, 1.807) is 29.0 Å². The van der Waals surface area contributed by atoms with Crippen LogP contribution in [0.4, 0.5) is 5.69 Å². The molecular weight excluding hydrogens is 492 g/mol. The number of carbonyl (C=O) groups is 3. The first-order valence-electron chi connectivity index (χ1n) is 12.8. The van der Waals surface area contributed by atoms with Crippen molar-refractivity contribution in [2.75, 3.05) is 31.8 Å². The minimum Gasteiger partial charge on any atom is -0.497 e. The van der Waals surface area contributed by atoms with Gasteiger partial charge in [0.1, 0.15) is 11.8 Å². The van der Waals surface area contributed by atoms with Gasteiger partial charge in [0, 0.05) is 17.0 Å². The molecule has 2 amide bonds. The van der Waals surface area contributed by atoms with Gasteiger partial charge >= 0.3 is 5.97 Å². The van der Waals surface area contributed by atoms with E-state index in [1.165, 1.54) is 11.8 Å². The van der Waals surface area contributed by atoms with E-state index >= 15 is 0 Å². The number of carbonyl (C=O) groups excluding carboxylic acids is 3. The molecule has 4 aliphatic rings. The molecule has 2 saturated heterocycles. The highest BCUT2D eigenvalue weighted by atomic mass is 32.2. The van der Waals surface area contributed by atoms with Gasteiger partial charge in [-0.25, -0.2) is 0 Å². The van der Waals surface area contributed by atoms with Gasteiger partial charge in [0.15, 0.2) is 0 Å².